The van der Waals surface area contributed by atoms with Crippen molar-refractivity contribution in [3.05, 3.63) is 11.6 Å². The summed E-state index contributed by atoms with van der Waals surface area (Å²) in [6.45, 7) is 2.70. The Morgan fingerprint density at radius 2 is 1.77 bits per heavy atom. The van der Waals surface area contributed by atoms with Gasteiger partial charge >= 0.3 is 0 Å². The van der Waals surface area contributed by atoms with E-state index in [0.717, 1.165) is 24.5 Å². The standard InChI is InChI=1S/C7H14N4.2ClH/c1-3-6-9-10-7(4-5-8)11(6)2;;/h3-5,8H2,1-2H3;2*1H. The molecule has 0 aromatic carbocycles. The molecule has 0 aliphatic rings. The fourth-order valence-electron chi connectivity index (χ4n) is 1.05. The van der Waals surface area contributed by atoms with Crippen LogP contribution in [0.2, 0.25) is 0 Å². The highest BCUT2D eigenvalue weighted by Crippen LogP contribution is 1.99. The number of hydrogen-bond donors (Lipinski definition) is 1. The molecule has 0 aliphatic carbocycles. The van der Waals surface area contributed by atoms with Crippen molar-refractivity contribution >= 4 is 24.8 Å². The summed E-state index contributed by atoms with van der Waals surface area (Å²) in [6, 6.07) is 0. The topological polar surface area (TPSA) is 56.7 Å². The van der Waals surface area contributed by atoms with Gasteiger partial charge < -0.3 is 10.3 Å². The molecule has 0 saturated heterocycles. The summed E-state index contributed by atoms with van der Waals surface area (Å²) in [7, 11) is 1.98. The Labute approximate surface area is 90.7 Å². The van der Waals surface area contributed by atoms with Gasteiger partial charge in [-0.2, -0.15) is 0 Å². The Morgan fingerprint density at radius 3 is 2.15 bits per heavy atom. The zero-order valence-electron chi connectivity index (χ0n) is 7.86. The van der Waals surface area contributed by atoms with Gasteiger partial charge in [-0.3, -0.25) is 0 Å². The smallest absolute Gasteiger partial charge is 0.134 e. The van der Waals surface area contributed by atoms with E-state index in [-0.39, 0.29) is 24.8 Å². The van der Waals surface area contributed by atoms with E-state index in [1.807, 2.05) is 11.6 Å². The van der Waals surface area contributed by atoms with E-state index in [9.17, 15) is 0 Å². The quantitative estimate of drug-likeness (QED) is 0.827. The number of aromatic nitrogens is 3. The van der Waals surface area contributed by atoms with Gasteiger partial charge in [-0.05, 0) is 6.54 Å². The predicted octanol–water partition coefficient (Wildman–Crippen LogP) is 0.722. The summed E-state index contributed by atoms with van der Waals surface area (Å²) < 4.78 is 2.01. The fraction of sp³-hybridized carbons (Fsp3) is 0.714. The Kier molecular flexibility index (Phi) is 8.30. The van der Waals surface area contributed by atoms with Crippen molar-refractivity contribution in [1.82, 2.24) is 14.8 Å². The second-order valence-electron chi connectivity index (χ2n) is 2.48. The summed E-state index contributed by atoms with van der Waals surface area (Å²) in [5.74, 6) is 2.00. The molecule has 1 heterocycles. The Morgan fingerprint density at radius 1 is 1.23 bits per heavy atom. The number of hydrogen-bond acceptors (Lipinski definition) is 3. The summed E-state index contributed by atoms with van der Waals surface area (Å²) in [6.07, 6.45) is 1.73. The van der Waals surface area contributed by atoms with Crippen LogP contribution in [0.5, 0.6) is 0 Å². The minimum atomic E-state index is 0. The normalized spacial score (nSPS) is 8.85. The highest BCUT2D eigenvalue weighted by molar-refractivity contribution is 5.85. The van der Waals surface area contributed by atoms with Gasteiger partial charge in [-0.15, -0.1) is 35.0 Å². The fourth-order valence-corrected chi connectivity index (χ4v) is 1.05. The molecule has 0 radical (unpaired) electrons. The Bertz CT molecular complexity index is 236. The molecule has 13 heavy (non-hydrogen) atoms. The van der Waals surface area contributed by atoms with Crippen molar-refractivity contribution < 1.29 is 0 Å². The number of halogens is 2. The monoisotopic (exact) mass is 226 g/mol. The van der Waals surface area contributed by atoms with Crippen LogP contribution in [0.25, 0.3) is 0 Å². The highest BCUT2D eigenvalue weighted by Gasteiger charge is 2.04. The second-order valence-corrected chi connectivity index (χ2v) is 2.48. The molecular weight excluding hydrogens is 211 g/mol. The van der Waals surface area contributed by atoms with E-state index >= 15 is 0 Å². The molecule has 78 valence electrons. The molecule has 0 saturated carbocycles. The maximum Gasteiger partial charge on any atom is 0.134 e. The van der Waals surface area contributed by atoms with Gasteiger partial charge in [0.2, 0.25) is 0 Å². The van der Waals surface area contributed by atoms with E-state index in [2.05, 4.69) is 17.1 Å². The molecule has 0 atom stereocenters. The summed E-state index contributed by atoms with van der Waals surface area (Å²) >= 11 is 0. The lowest BCUT2D eigenvalue weighted by Gasteiger charge is -1.99. The summed E-state index contributed by atoms with van der Waals surface area (Å²) in [5, 5.41) is 8.02. The Balaban J connectivity index is 0. The molecule has 0 aliphatic heterocycles. The molecule has 1 aromatic rings. The average Bonchev–Trinajstić information content (AvgIpc) is 2.34. The Hall–Kier alpha value is -0.320. The number of nitrogens with two attached hydrogens (primary N) is 1. The maximum absolute atomic E-state index is 5.40. The van der Waals surface area contributed by atoms with Gasteiger partial charge in [-0.1, -0.05) is 6.92 Å². The first kappa shape index (κ1) is 15.2. The molecule has 1 aromatic heterocycles. The third-order valence-corrected chi connectivity index (χ3v) is 1.74. The molecular formula is C7H16Cl2N4. The first-order valence-corrected chi connectivity index (χ1v) is 3.86. The van der Waals surface area contributed by atoms with E-state index < -0.39 is 0 Å². The van der Waals surface area contributed by atoms with Crippen molar-refractivity contribution in [3.8, 4) is 0 Å². The van der Waals surface area contributed by atoms with Crippen LogP contribution < -0.4 is 5.73 Å². The van der Waals surface area contributed by atoms with Crippen LogP contribution in [0.15, 0.2) is 0 Å². The van der Waals surface area contributed by atoms with Crippen LogP contribution in [-0.2, 0) is 19.9 Å². The lowest BCUT2D eigenvalue weighted by molar-refractivity contribution is 0.743. The van der Waals surface area contributed by atoms with Crippen LogP contribution in [0, 0.1) is 0 Å². The van der Waals surface area contributed by atoms with Crippen LogP contribution in [-0.4, -0.2) is 21.3 Å². The van der Waals surface area contributed by atoms with Crippen molar-refractivity contribution in [1.29, 1.82) is 0 Å². The van der Waals surface area contributed by atoms with E-state index in [1.165, 1.54) is 0 Å². The lowest BCUT2D eigenvalue weighted by Crippen LogP contribution is -2.08. The number of aryl methyl sites for hydroxylation is 1. The molecule has 2 N–H and O–H groups in total. The van der Waals surface area contributed by atoms with Gasteiger partial charge in [0.25, 0.3) is 0 Å². The van der Waals surface area contributed by atoms with E-state index in [0.29, 0.717) is 6.54 Å². The molecule has 0 bridgehead atoms. The predicted molar refractivity (Wildman–Crippen MR) is 57.6 cm³/mol. The van der Waals surface area contributed by atoms with Crippen molar-refractivity contribution in [2.45, 2.75) is 19.8 Å². The summed E-state index contributed by atoms with van der Waals surface area (Å²) in [5.41, 5.74) is 5.40. The second kappa shape index (κ2) is 7.12. The van der Waals surface area contributed by atoms with Crippen LogP contribution in [0.4, 0.5) is 0 Å². The molecule has 0 amide bonds. The first-order chi connectivity index (χ1) is 5.29. The zero-order valence-corrected chi connectivity index (χ0v) is 9.49. The largest absolute Gasteiger partial charge is 0.330 e. The van der Waals surface area contributed by atoms with Gasteiger partial charge in [0.1, 0.15) is 11.6 Å². The van der Waals surface area contributed by atoms with Crippen LogP contribution >= 0.6 is 24.8 Å². The van der Waals surface area contributed by atoms with Crippen molar-refractivity contribution in [2.75, 3.05) is 6.54 Å². The number of rotatable bonds is 3. The van der Waals surface area contributed by atoms with Gasteiger partial charge in [0.15, 0.2) is 0 Å². The minimum Gasteiger partial charge on any atom is -0.330 e. The van der Waals surface area contributed by atoms with Gasteiger partial charge in [0.05, 0.1) is 0 Å². The third kappa shape index (κ3) is 3.50. The number of nitrogens with zero attached hydrogens (tertiary/aromatic N) is 3. The minimum absolute atomic E-state index is 0. The van der Waals surface area contributed by atoms with E-state index in [4.69, 9.17) is 5.73 Å². The van der Waals surface area contributed by atoms with Crippen LogP contribution in [0.3, 0.4) is 0 Å². The highest BCUT2D eigenvalue weighted by atomic mass is 35.5. The lowest BCUT2D eigenvalue weighted by atomic mass is 10.4. The molecule has 0 fully saturated rings. The zero-order chi connectivity index (χ0) is 8.27. The molecule has 0 spiro atoms. The SMILES string of the molecule is CCc1nnc(CCN)n1C.Cl.Cl. The first-order valence-electron chi connectivity index (χ1n) is 3.86. The van der Waals surface area contributed by atoms with Crippen molar-refractivity contribution in [2.24, 2.45) is 12.8 Å². The van der Waals surface area contributed by atoms with Gasteiger partial charge in [0, 0.05) is 19.9 Å². The third-order valence-electron chi connectivity index (χ3n) is 1.74. The average molecular weight is 227 g/mol. The molecule has 4 nitrogen and oxygen atoms in total. The summed E-state index contributed by atoms with van der Waals surface area (Å²) in [4.78, 5) is 0. The van der Waals surface area contributed by atoms with Crippen LogP contribution in [0.1, 0.15) is 18.6 Å². The molecule has 0 unspecified atom stereocenters. The molecule has 1 rings (SSSR count). The van der Waals surface area contributed by atoms with Crippen molar-refractivity contribution in [3.63, 3.8) is 0 Å². The van der Waals surface area contributed by atoms with E-state index in [1.54, 1.807) is 0 Å². The van der Waals surface area contributed by atoms with Gasteiger partial charge in [-0.25, -0.2) is 0 Å². The maximum atomic E-state index is 5.40. The molecule has 6 heteroatoms.